The summed E-state index contributed by atoms with van der Waals surface area (Å²) in [6, 6.07) is 10.2. The molecule has 0 aliphatic rings. The van der Waals surface area contributed by atoms with Crippen LogP contribution in [-0.2, 0) is 11.3 Å². The van der Waals surface area contributed by atoms with Crippen LogP contribution in [0.5, 0.6) is 0 Å². The maximum absolute atomic E-state index is 11.8. The topological polar surface area (TPSA) is 46.3 Å². The molecule has 0 aromatic heterocycles. The normalized spacial score (nSPS) is 12.2. The Morgan fingerprint density at radius 1 is 1.35 bits per heavy atom. The SMILES string of the molecule is CCC(N)CCC(=O)N(C)Cc1ccccc1. The average molecular weight is 234 g/mol. The first kappa shape index (κ1) is 13.7. The third-order valence-corrected chi connectivity index (χ3v) is 2.94. The van der Waals surface area contributed by atoms with Gasteiger partial charge in [-0.25, -0.2) is 0 Å². The summed E-state index contributed by atoms with van der Waals surface area (Å²) in [7, 11) is 1.84. The smallest absolute Gasteiger partial charge is 0.222 e. The van der Waals surface area contributed by atoms with E-state index in [2.05, 4.69) is 0 Å². The van der Waals surface area contributed by atoms with Gasteiger partial charge < -0.3 is 10.6 Å². The Morgan fingerprint density at radius 2 is 2.00 bits per heavy atom. The summed E-state index contributed by atoms with van der Waals surface area (Å²) in [5, 5.41) is 0. The molecule has 3 nitrogen and oxygen atoms in total. The molecule has 0 fully saturated rings. The van der Waals surface area contributed by atoms with Gasteiger partial charge in [-0.15, -0.1) is 0 Å². The Hall–Kier alpha value is -1.35. The Kier molecular flexibility index (Phi) is 5.70. The zero-order valence-corrected chi connectivity index (χ0v) is 10.7. The summed E-state index contributed by atoms with van der Waals surface area (Å²) in [6.45, 7) is 2.71. The summed E-state index contributed by atoms with van der Waals surface area (Å²) in [4.78, 5) is 13.6. The Bertz CT molecular complexity index is 337. The van der Waals surface area contributed by atoms with Gasteiger partial charge in [0.1, 0.15) is 0 Å². The van der Waals surface area contributed by atoms with Crippen molar-refractivity contribution in [2.75, 3.05) is 7.05 Å². The van der Waals surface area contributed by atoms with E-state index < -0.39 is 0 Å². The Morgan fingerprint density at radius 3 is 2.59 bits per heavy atom. The van der Waals surface area contributed by atoms with Gasteiger partial charge in [-0.2, -0.15) is 0 Å². The lowest BCUT2D eigenvalue weighted by molar-refractivity contribution is -0.130. The molecule has 17 heavy (non-hydrogen) atoms. The molecule has 94 valence electrons. The van der Waals surface area contributed by atoms with Gasteiger partial charge in [-0.05, 0) is 18.4 Å². The molecule has 1 atom stereocenters. The van der Waals surface area contributed by atoms with Crippen molar-refractivity contribution in [3.05, 3.63) is 35.9 Å². The first-order valence-corrected chi connectivity index (χ1v) is 6.17. The summed E-state index contributed by atoms with van der Waals surface area (Å²) >= 11 is 0. The first-order chi connectivity index (χ1) is 8.13. The Labute approximate surface area is 104 Å². The molecule has 1 unspecified atom stereocenters. The van der Waals surface area contributed by atoms with Crippen LogP contribution in [0, 0.1) is 0 Å². The third kappa shape index (κ3) is 5.00. The first-order valence-electron chi connectivity index (χ1n) is 6.17. The molecule has 0 radical (unpaired) electrons. The fourth-order valence-corrected chi connectivity index (χ4v) is 1.65. The summed E-state index contributed by atoms with van der Waals surface area (Å²) in [6.07, 6.45) is 2.24. The second kappa shape index (κ2) is 7.07. The van der Waals surface area contributed by atoms with Crippen LogP contribution in [0.4, 0.5) is 0 Å². The summed E-state index contributed by atoms with van der Waals surface area (Å²) in [5.41, 5.74) is 6.96. The number of benzene rings is 1. The Balaban J connectivity index is 2.37. The minimum Gasteiger partial charge on any atom is -0.341 e. The van der Waals surface area contributed by atoms with E-state index in [0.29, 0.717) is 13.0 Å². The van der Waals surface area contributed by atoms with Crippen LogP contribution in [-0.4, -0.2) is 23.9 Å². The number of amides is 1. The van der Waals surface area contributed by atoms with Crippen LogP contribution in [0.3, 0.4) is 0 Å². The predicted octanol–water partition coefficient (Wildman–Crippen LogP) is 2.16. The van der Waals surface area contributed by atoms with Crippen molar-refractivity contribution in [1.29, 1.82) is 0 Å². The number of carbonyl (C=O) groups is 1. The molecule has 1 amide bonds. The number of hydrogen-bond acceptors (Lipinski definition) is 2. The van der Waals surface area contributed by atoms with Crippen molar-refractivity contribution in [1.82, 2.24) is 4.90 Å². The standard InChI is InChI=1S/C14H22N2O/c1-3-13(15)9-10-14(17)16(2)11-12-7-5-4-6-8-12/h4-8,13H,3,9-11,15H2,1-2H3. The van der Waals surface area contributed by atoms with Crippen LogP contribution in [0.1, 0.15) is 31.7 Å². The lowest BCUT2D eigenvalue weighted by atomic mass is 10.1. The molecule has 1 aromatic carbocycles. The molecule has 1 aromatic rings. The van der Waals surface area contributed by atoms with Crippen molar-refractivity contribution in [2.24, 2.45) is 5.73 Å². The fourth-order valence-electron chi connectivity index (χ4n) is 1.65. The average Bonchev–Trinajstić information content (AvgIpc) is 2.36. The molecule has 0 bridgehead atoms. The van der Waals surface area contributed by atoms with Gasteiger partial charge in [-0.3, -0.25) is 4.79 Å². The van der Waals surface area contributed by atoms with Crippen molar-refractivity contribution in [3.8, 4) is 0 Å². The molecule has 0 aliphatic heterocycles. The molecule has 1 rings (SSSR count). The van der Waals surface area contributed by atoms with Crippen molar-refractivity contribution in [3.63, 3.8) is 0 Å². The van der Waals surface area contributed by atoms with Crippen LogP contribution in [0.2, 0.25) is 0 Å². The fraction of sp³-hybridized carbons (Fsp3) is 0.500. The van der Waals surface area contributed by atoms with Gasteiger partial charge in [0, 0.05) is 26.1 Å². The van der Waals surface area contributed by atoms with Crippen LogP contribution < -0.4 is 5.73 Å². The summed E-state index contributed by atoms with van der Waals surface area (Å²) < 4.78 is 0. The monoisotopic (exact) mass is 234 g/mol. The van der Waals surface area contributed by atoms with Gasteiger partial charge >= 0.3 is 0 Å². The quantitative estimate of drug-likeness (QED) is 0.820. The largest absolute Gasteiger partial charge is 0.341 e. The highest BCUT2D eigenvalue weighted by Crippen LogP contribution is 2.06. The predicted molar refractivity (Wildman–Crippen MR) is 70.4 cm³/mol. The van der Waals surface area contributed by atoms with Crippen LogP contribution >= 0.6 is 0 Å². The molecular weight excluding hydrogens is 212 g/mol. The molecule has 0 saturated heterocycles. The zero-order valence-electron chi connectivity index (χ0n) is 10.7. The molecule has 3 heteroatoms. The van der Waals surface area contributed by atoms with Crippen molar-refractivity contribution in [2.45, 2.75) is 38.8 Å². The van der Waals surface area contributed by atoms with Gasteiger partial charge in [-0.1, -0.05) is 37.3 Å². The van der Waals surface area contributed by atoms with Gasteiger partial charge in [0.2, 0.25) is 5.91 Å². The lowest BCUT2D eigenvalue weighted by Crippen LogP contribution is -2.28. The van der Waals surface area contributed by atoms with Gasteiger partial charge in [0.05, 0.1) is 0 Å². The van der Waals surface area contributed by atoms with Crippen LogP contribution in [0.25, 0.3) is 0 Å². The number of carbonyl (C=O) groups excluding carboxylic acids is 1. The highest BCUT2D eigenvalue weighted by atomic mass is 16.2. The highest BCUT2D eigenvalue weighted by molar-refractivity contribution is 5.75. The lowest BCUT2D eigenvalue weighted by Gasteiger charge is -2.18. The van der Waals surface area contributed by atoms with E-state index >= 15 is 0 Å². The molecule has 0 saturated carbocycles. The van der Waals surface area contributed by atoms with E-state index in [1.54, 1.807) is 4.90 Å². The third-order valence-electron chi connectivity index (χ3n) is 2.94. The highest BCUT2D eigenvalue weighted by Gasteiger charge is 2.10. The zero-order chi connectivity index (χ0) is 12.7. The molecular formula is C14H22N2O. The van der Waals surface area contributed by atoms with E-state index in [-0.39, 0.29) is 11.9 Å². The second-order valence-electron chi connectivity index (χ2n) is 4.44. The van der Waals surface area contributed by atoms with Crippen molar-refractivity contribution < 1.29 is 4.79 Å². The molecule has 0 spiro atoms. The van der Waals surface area contributed by atoms with Gasteiger partial charge in [0.15, 0.2) is 0 Å². The minimum atomic E-state index is 0.143. The van der Waals surface area contributed by atoms with Gasteiger partial charge in [0.25, 0.3) is 0 Å². The minimum absolute atomic E-state index is 0.143. The van der Waals surface area contributed by atoms with E-state index in [9.17, 15) is 4.79 Å². The van der Waals surface area contributed by atoms with E-state index in [1.807, 2.05) is 44.3 Å². The molecule has 0 heterocycles. The number of nitrogens with zero attached hydrogens (tertiary/aromatic N) is 1. The number of nitrogens with two attached hydrogens (primary N) is 1. The molecule has 0 aliphatic carbocycles. The van der Waals surface area contributed by atoms with E-state index in [1.165, 1.54) is 0 Å². The maximum atomic E-state index is 11.8. The van der Waals surface area contributed by atoms with Crippen molar-refractivity contribution >= 4 is 5.91 Å². The number of hydrogen-bond donors (Lipinski definition) is 1. The summed E-state index contributed by atoms with van der Waals surface area (Å²) in [5.74, 6) is 0.165. The molecule has 2 N–H and O–H groups in total. The van der Waals surface area contributed by atoms with Crippen LogP contribution in [0.15, 0.2) is 30.3 Å². The second-order valence-corrected chi connectivity index (χ2v) is 4.44. The van der Waals surface area contributed by atoms with E-state index in [0.717, 1.165) is 18.4 Å². The number of rotatable bonds is 6. The van der Waals surface area contributed by atoms with E-state index in [4.69, 9.17) is 5.73 Å². The maximum Gasteiger partial charge on any atom is 0.222 e.